The predicted molar refractivity (Wildman–Crippen MR) is 63.0 cm³/mol. The molecule has 0 bridgehead atoms. The molecule has 0 radical (unpaired) electrons. The molecule has 17 heavy (non-hydrogen) atoms. The molecule has 0 aliphatic carbocycles. The first-order valence-electron chi connectivity index (χ1n) is 5.39. The lowest BCUT2D eigenvalue weighted by molar-refractivity contribution is 0.140. The van der Waals surface area contributed by atoms with Crippen LogP contribution in [0.2, 0.25) is 0 Å². The van der Waals surface area contributed by atoms with Crippen LogP contribution < -0.4 is 4.90 Å². The zero-order valence-corrected chi connectivity index (χ0v) is 9.88. The van der Waals surface area contributed by atoms with Crippen molar-refractivity contribution < 1.29 is 19.1 Å². The van der Waals surface area contributed by atoms with Crippen LogP contribution in [0.1, 0.15) is 13.8 Å². The van der Waals surface area contributed by atoms with Crippen molar-refractivity contribution in [3.05, 3.63) is 30.3 Å². The Morgan fingerprint density at radius 2 is 1.47 bits per heavy atom. The van der Waals surface area contributed by atoms with Crippen LogP contribution in [0.5, 0.6) is 0 Å². The summed E-state index contributed by atoms with van der Waals surface area (Å²) in [5.74, 6) is 0. The van der Waals surface area contributed by atoms with Crippen molar-refractivity contribution in [1.29, 1.82) is 0 Å². The molecular weight excluding hydrogens is 222 g/mol. The number of ether oxygens (including phenoxy) is 2. The molecule has 2 amide bonds. The monoisotopic (exact) mass is 237 g/mol. The quantitative estimate of drug-likeness (QED) is 0.811. The van der Waals surface area contributed by atoms with Crippen molar-refractivity contribution in [2.75, 3.05) is 18.1 Å². The third kappa shape index (κ3) is 3.48. The van der Waals surface area contributed by atoms with E-state index in [0.29, 0.717) is 5.69 Å². The Labute approximate surface area is 99.9 Å². The number of carbonyl (C=O) groups excluding carboxylic acids is 2. The van der Waals surface area contributed by atoms with E-state index in [9.17, 15) is 9.59 Å². The third-order valence-corrected chi connectivity index (χ3v) is 1.92. The molecule has 0 spiro atoms. The van der Waals surface area contributed by atoms with E-state index in [1.165, 1.54) is 0 Å². The van der Waals surface area contributed by atoms with Gasteiger partial charge in [-0.2, -0.15) is 4.90 Å². The molecule has 1 aromatic rings. The average molecular weight is 237 g/mol. The number of rotatable bonds is 3. The summed E-state index contributed by atoms with van der Waals surface area (Å²) in [5.41, 5.74) is 0.421. The fraction of sp³-hybridized carbons (Fsp3) is 0.333. The molecule has 0 aromatic heterocycles. The SMILES string of the molecule is CCOC(=O)N(C(=O)OCC)c1ccccc1. The third-order valence-electron chi connectivity index (χ3n) is 1.92. The first-order chi connectivity index (χ1) is 8.20. The number of nitrogens with zero attached hydrogens (tertiary/aromatic N) is 1. The van der Waals surface area contributed by atoms with Gasteiger partial charge < -0.3 is 9.47 Å². The maximum absolute atomic E-state index is 11.7. The topological polar surface area (TPSA) is 55.8 Å². The number of benzene rings is 1. The molecule has 0 heterocycles. The number of amides is 2. The Morgan fingerprint density at radius 3 is 1.88 bits per heavy atom. The fourth-order valence-corrected chi connectivity index (χ4v) is 1.24. The van der Waals surface area contributed by atoms with Gasteiger partial charge in [-0.15, -0.1) is 0 Å². The average Bonchev–Trinajstić information content (AvgIpc) is 2.31. The van der Waals surface area contributed by atoms with E-state index < -0.39 is 12.2 Å². The number of hydrogen-bond donors (Lipinski definition) is 0. The lowest BCUT2D eigenvalue weighted by atomic mass is 10.3. The van der Waals surface area contributed by atoms with Crippen LogP contribution >= 0.6 is 0 Å². The summed E-state index contributed by atoms with van der Waals surface area (Å²) in [6.45, 7) is 3.74. The fourth-order valence-electron chi connectivity index (χ4n) is 1.24. The van der Waals surface area contributed by atoms with Gasteiger partial charge in [-0.3, -0.25) is 0 Å². The lowest BCUT2D eigenvalue weighted by Crippen LogP contribution is -2.37. The number of carbonyl (C=O) groups is 2. The number of anilines is 1. The highest BCUT2D eigenvalue weighted by molar-refractivity contribution is 6.09. The maximum atomic E-state index is 11.7. The molecule has 0 aliphatic heterocycles. The Bertz CT molecular complexity index is 359. The molecule has 1 aromatic carbocycles. The highest BCUT2D eigenvalue weighted by atomic mass is 16.6. The second-order valence-corrected chi connectivity index (χ2v) is 3.07. The van der Waals surface area contributed by atoms with Gasteiger partial charge in [0.15, 0.2) is 0 Å². The first kappa shape index (κ1) is 13.0. The number of para-hydroxylation sites is 1. The molecule has 0 fully saturated rings. The van der Waals surface area contributed by atoms with Gasteiger partial charge >= 0.3 is 12.2 Å². The molecule has 0 N–H and O–H groups in total. The van der Waals surface area contributed by atoms with Gasteiger partial charge in [-0.25, -0.2) is 9.59 Å². The van der Waals surface area contributed by atoms with Crippen molar-refractivity contribution in [1.82, 2.24) is 0 Å². The summed E-state index contributed by atoms with van der Waals surface area (Å²) in [6.07, 6.45) is -1.48. The van der Waals surface area contributed by atoms with E-state index in [2.05, 4.69) is 0 Å². The van der Waals surface area contributed by atoms with Crippen molar-refractivity contribution >= 4 is 17.9 Å². The van der Waals surface area contributed by atoms with Crippen molar-refractivity contribution in [2.45, 2.75) is 13.8 Å². The van der Waals surface area contributed by atoms with Gasteiger partial charge in [0.25, 0.3) is 0 Å². The summed E-state index contributed by atoms with van der Waals surface area (Å²) >= 11 is 0. The molecular formula is C12H15NO4. The summed E-state index contributed by atoms with van der Waals surface area (Å²) < 4.78 is 9.62. The van der Waals surface area contributed by atoms with E-state index in [4.69, 9.17) is 9.47 Å². The summed E-state index contributed by atoms with van der Waals surface area (Å²) in [4.78, 5) is 24.2. The van der Waals surface area contributed by atoms with Crippen molar-refractivity contribution in [2.24, 2.45) is 0 Å². The maximum Gasteiger partial charge on any atom is 0.423 e. The van der Waals surface area contributed by atoms with Crippen LogP contribution in [0.25, 0.3) is 0 Å². The van der Waals surface area contributed by atoms with E-state index >= 15 is 0 Å². The van der Waals surface area contributed by atoms with Gasteiger partial charge in [-0.05, 0) is 26.0 Å². The van der Waals surface area contributed by atoms with Crippen molar-refractivity contribution in [3.8, 4) is 0 Å². The zero-order chi connectivity index (χ0) is 12.7. The van der Waals surface area contributed by atoms with Crippen molar-refractivity contribution in [3.63, 3.8) is 0 Å². The smallest absolute Gasteiger partial charge is 0.423 e. The summed E-state index contributed by atoms with van der Waals surface area (Å²) in [6, 6.07) is 8.50. The van der Waals surface area contributed by atoms with Gasteiger partial charge in [0, 0.05) is 0 Å². The molecule has 5 heteroatoms. The largest absolute Gasteiger partial charge is 0.449 e. The molecule has 0 saturated carbocycles. The Balaban J connectivity index is 2.94. The van der Waals surface area contributed by atoms with E-state index in [0.717, 1.165) is 4.90 Å². The summed E-state index contributed by atoms with van der Waals surface area (Å²) in [7, 11) is 0. The lowest BCUT2D eigenvalue weighted by Gasteiger charge is -2.19. The minimum absolute atomic E-state index is 0.196. The number of imide groups is 1. The van der Waals surface area contributed by atoms with Crippen LogP contribution in [-0.2, 0) is 9.47 Å². The normalized spacial score (nSPS) is 9.53. The molecule has 0 saturated heterocycles. The summed E-state index contributed by atoms with van der Waals surface area (Å²) in [5, 5.41) is 0. The standard InChI is InChI=1S/C12H15NO4/c1-3-16-11(14)13(12(15)17-4-2)10-8-6-5-7-9-10/h5-9H,3-4H2,1-2H3. The zero-order valence-electron chi connectivity index (χ0n) is 9.88. The Kier molecular flexibility index (Phi) is 5.00. The van der Waals surface area contributed by atoms with Crippen LogP contribution in [0.4, 0.5) is 15.3 Å². The molecule has 0 unspecified atom stereocenters. The van der Waals surface area contributed by atoms with Gasteiger partial charge in [-0.1, -0.05) is 18.2 Å². The Hall–Kier alpha value is -2.04. The van der Waals surface area contributed by atoms with Gasteiger partial charge in [0.1, 0.15) is 0 Å². The molecule has 0 atom stereocenters. The highest BCUT2D eigenvalue weighted by Crippen LogP contribution is 2.15. The molecule has 92 valence electrons. The van der Waals surface area contributed by atoms with Crippen LogP contribution in [0.15, 0.2) is 30.3 Å². The van der Waals surface area contributed by atoms with E-state index in [1.807, 2.05) is 0 Å². The minimum atomic E-state index is -0.739. The van der Waals surface area contributed by atoms with Crippen LogP contribution in [0.3, 0.4) is 0 Å². The van der Waals surface area contributed by atoms with Gasteiger partial charge in [0.2, 0.25) is 0 Å². The second kappa shape index (κ2) is 6.52. The van der Waals surface area contributed by atoms with Gasteiger partial charge in [0.05, 0.1) is 18.9 Å². The Morgan fingerprint density at radius 1 is 1.00 bits per heavy atom. The van der Waals surface area contributed by atoms with E-state index in [-0.39, 0.29) is 13.2 Å². The van der Waals surface area contributed by atoms with E-state index in [1.54, 1.807) is 44.2 Å². The predicted octanol–water partition coefficient (Wildman–Crippen LogP) is 2.81. The number of hydrogen-bond acceptors (Lipinski definition) is 4. The first-order valence-corrected chi connectivity index (χ1v) is 5.39. The molecule has 1 rings (SSSR count). The second-order valence-electron chi connectivity index (χ2n) is 3.07. The highest BCUT2D eigenvalue weighted by Gasteiger charge is 2.25. The molecule has 5 nitrogen and oxygen atoms in total. The van der Waals surface area contributed by atoms with Crippen LogP contribution in [-0.4, -0.2) is 25.4 Å². The minimum Gasteiger partial charge on any atom is -0.449 e. The van der Waals surface area contributed by atoms with Crippen LogP contribution in [0, 0.1) is 0 Å². The molecule has 0 aliphatic rings.